The van der Waals surface area contributed by atoms with E-state index in [4.69, 9.17) is 32.8 Å². The molecule has 0 spiro atoms. The van der Waals surface area contributed by atoms with Crippen molar-refractivity contribution >= 4 is 38.9 Å². The maximum atomic E-state index is 12.7. The fraction of sp³-hybridized carbons (Fsp3) is 0.136. The van der Waals surface area contributed by atoms with E-state index in [1.807, 2.05) is 0 Å². The Labute approximate surface area is 213 Å². The first-order valence-electron chi connectivity index (χ1n) is 9.92. The van der Waals surface area contributed by atoms with E-state index in [0.29, 0.717) is 0 Å². The van der Waals surface area contributed by atoms with Crippen LogP contribution in [-0.2, 0) is 14.8 Å². The minimum absolute atomic E-state index is 0.0219. The molecule has 37 heavy (non-hydrogen) atoms. The maximum absolute atomic E-state index is 12.7. The van der Waals surface area contributed by atoms with Crippen LogP contribution in [0.1, 0.15) is 5.69 Å². The second kappa shape index (κ2) is 10.9. The van der Waals surface area contributed by atoms with Crippen LogP contribution in [-0.4, -0.2) is 32.3 Å². The molecule has 0 fully saturated rings. The minimum atomic E-state index is -4.97. The topological polar surface area (TPSA) is 134 Å². The molecule has 1 heterocycles. The Morgan fingerprint density at radius 2 is 1.86 bits per heavy atom. The lowest BCUT2D eigenvalue weighted by Crippen LogP contribution is -2.22. The van der Waals surface area contributed by atoms with Crippen molar-refractivity contribution in [2.45, 2.75) is 18.3 Å². The van der Waals surface area contributed by atoms with Gasteiger partial charge in [-0.1, -0.05) is 11.6 Å². The molecule has 0 radical (unpaired) electrons. The van der Waals surface area contributed by atoms with E-state index in [1.54, 1.807) is 0 Å². The number of aromatic nitrogens is 1. The van der Waals surface area contributed by atoms with Gasteiger partial charge >= 0.3 is 6.36 Å². The summed E-state index contributed by atoms with van der Waals surface area (Å²) in [5.41, 5.74) is 0.454. The van der Waals surface area contributed by atoms with Gasteiger partial charge in [0, 0.05) is 11.1 Å². The van der Waals surface area contributed by atoms with Crippen LogP contribution in [0.25, 0.3) is 4.85 Å². The highest BCUT2D eigenvalue weighted by Crippen LogP contribution is 2.38. The van der Waals surface area contributed by atoms with Gasteiger partial charge in [-0.15, -0.1) is 13.2 Å². The Kier molecular flexibility index (Phi) is 8.12. The van der Waals surface area contributed by atoms with Gasteiger partial charge < -0.3 is 19.5 Å². The number of benzene rings is 2. The normalized spacial score (nSPS) is 11.4. The molecule has 15 heteroatoms. The summed E-state index contributed by atoms with van der Waals surface area (Å²) in [7, 11) is -4.04. The molecular formula is C22H16ClF3N4O6S. The molecule has 194 valence electrons. The van der Waals surface area contributed by atoms with Crippen LogP contribution in [0.5, 0.6) is 23.0 Å². The predicted octanol–water partition coefficient (Wildman–Crippen LogP) is 4.95. The highest BCUT2D eigenvalue weighted by Gasteiger charge is 2.31. The molecule has 0 aliphatic carbocycles. The summed E-state index contributed by atoms with van der Waals surface area (Å²) in [6.07, 6.45) is -4.97. The number of carbonyl (C=O) groups excluding carboxylic acids is 1. The number of sulfonamides is 1. The number of hydrogen-bond donors (Lipinski definition) is 2. The molecule has 3 rings (SSSR count). The van der Waals surface area contributed by atoms with Crippen molar-refractivity contribution in [1.82, 2.24) is 4.98 Å². The number of hydrogen-bond acceptors (Lipinski definition) is 7. The second-order valence-corrected chi connectivity index (χ2v) is 9.12. The summed E-state index contributed by atoms with van der Waals surface area (Å²) < 4.78 is 75.8. The lowest BCUT2D eigenvalue weighted by Gasteiger charge is -2.16. The van der Waals surface area contributed by atoms with Crippen molar-refractivity contribution in [3.8, 4) is 23.0 Å². The third-order valence-electron chi connectivity index (χ3n) is 4.35. The Hall–Kier alpha value is -4.06. The predicted molar refractivity (Wildman–Crippen MR) is 125 cm³/mol. The third kappa shape index (κ3) is 7.97. The Morgan fingerprint density at radius 1 is 1.14 bits per heavy atom. The number of alkyl halides is 3. The van der Waals surface area contributed by atoms with E-state index in [0.717, 1.165) is 24.3 Å². The SMILES string of the molecule is [C-]#[N+]c1cc(Cl)cc(Oc2cc(OC(F)(F)F)ccc2OCC(=O)Nc2ccc(S(N)(=O)=O)nc2C)c1. The van der Waals surface area contributed by atoms with Crippen LogP contribution >= 0.6 is 11.6 Å². The lowest BCUT2D eigenvalue weighted by atomic mass is 10.2. The summed E-state index contributed by atoms with van der Waals surface area (Å²) in [6.45, 7) is 7.94. The van der Waals surface area contributed by atoms with Crippen molar-refractivity contribution in [3.05, 3.63) is 70.7 Å². The van der Waals surface area contributed by atoms with Crippen molar-refractivity contribution in [2.75, 3.05) is 11.9 Å². The molecule has 0 saturated heterocycles. The van der Waals surface area contributed by atoms with Gasteiger partial charge in [0.15, 0.2) is 28.8 Å². The molecule has 0 bridgehead atoms. The van der Waals surface area contributed by atoms with Crippen molar-refractivity contribution in [2.24, 2.45) is 5.14 Å². The fourth-order valence-electron chi connectivity index (χ4n) is 2.84. The van der Waals surface area contributed by atoms with E-state index in [1.165, 1.54) is 31.2 Å². The smallest absolute Gasteiger partial charge is 0.480 e. The number of nitrogens with zero attached hydrogens (tertiary/aromatic N) is 2. The molecule has 2 aromatic carbocycles. The first kappa shape index (κ1) is 27.5. The van der Waals surface area contributed by atoms with Crippen LogP contribution in [0, 0.1) is 13.5 Å². The highest BCUT2D eigenvalue weighted by molar-refractivity contribution is 7.89. The number of primary sulfonamides is 1. The number of anilines is 1. The van der Waals surface area contributed by atoms with E-state index in [-0.39, 0.29) is 44.4 Å². The molecule has 0 aliphatic rings. The monoisotopic (exact) mass is 556 g/mol. The van der Waals surface area contributed by atoms with Gasteiger partial charge in [-0.25, -0.2) is 23.4 Å². The molecule has 0 saturated carbocycles. The number of carbonyl (C=O) groups is 1. The van der Waals surface area contributed by atoms with Gasteiger partial charge in [-0.2, -0.15) is 0 Å². The molecule has 0 unspecified atom stereocenters. The van der Waals surface area contributed by atoms with Crippen LogP contribution in [0.3, 0.4) is 0 Å². The number of pyridine rings is 1. The van der Waals surface area contributed by atoms with E-state index >= 15 is 0 Å². The number of ether oxygens (including phenoxy) is 3. The van der Waals surface area contributed by atoms with Gasteiger partial charge in [0.05, 0.1) is 18.0 Å². The number of aryl methyl sites for hydroxylation is 1. The maximum Gasteiger partial charge on any atom is 0.573 e. The molecule has 3 aromatic rings. The van der Waals surface area contributed by atoms with Crippen molar-refractivity contribution in [1.29, 1.82) is 0 Å². The number of nitrogens with one attached hydrogen (secondary N) is 1. The standard InChI is InChI=1S/C22H16ClF3N4O6S/c1-12-17(4-6-21(29-12)37(27,32)33)30-20(31)11-34-18-5-3-15(36-22(24,25)26)10-19(18)35-16-8-13(23)7-14(9-16)28-2/h3-10H,11H2,1H3,(H,30,31)(H2,27,32,33). The molecule has 0 atom stereocenters. The largest absolute Gasteiger partial charge is 0.573 e. The molecule has 1 aromatic heterocycles. The molecule has 10 nitrogen and oxygen atoms in total. The summed E-state index contributed by atoms with van der Waals surface area (Å²) in [5, 5.41) is 7.25. The zero-order chi connectivity index (χ0) is 27.4. The first-order valence-corrected chi connectivity index (χ1v) is 11.8. The summed E-state index contributed by atoms with van der Waals surface area (Å²) in [6, 6.07) is 9.31. The minimum Gasteiger partial charge on any atom is -0.480 e. The summed E-state index contributed by atoms with van der Waals surface area (Å²) >= 11 is 5.95. The molecule has 0 aliphatic heterocycles. The second-order valence-electron chi connectivity index (χ2n) is 7.18. The summed E-state index contributed by atoms with van der Waals surface area (Å²) in [4.78, 5) is 19.4. The fourth-order valence-corrected chi connectivity index (χ4v) is 3.58. The average Bonchev–Trinajstić information content (AvgIpc) is 2.77. The number of halogens is 4. The zero-order valence-electron chi connectivity index (χ0n) is 18.7. The van der Waals surface area contributed by atoms with Crippen LogP contribution in [0.2, 0.25) is 5.02 Å². The number of rotatable bonds is 8. The number of amides is 1. The Bertz CT molecular complexity index is 1490. The quantitative estimate of drug-likeness (QED) is 0.375. The average molecular weight is 557 g/mol. The Morgan fingerprint density at radius 3 is 2.49 bits per heavy atom. The van der Waals surface area contributed by atoms with E-state index < -0.39 is 34.6 Å². The number of nitrogens with two attached hydrogens (primary N) is 1. The van der Waals surface area contributed by atoms with Gasteiger partial charge in [-0.3, -0.25) is 4.79 Å². The van der Waals surface area contributed by atoms with Crippen molar-refractivity contribution < 1.29 is 40.6 Å². The summed E-state index contributed by atoms with van der Waals surface area (Å²) in [5.74, 6) is -1.69. The van der Waals surface area contributed by atoms with E-state index in [2.05, 4.69) is 19.9 Å². The lowest BCUT2D eigenvalue weighted by molar-refractivity contribution is -0.274. The first-order chi connectivity index (χ1) is 17.2. The van der Waals surface area contributed by atoms with E-state index in [9.17, 15) is 26.4 Å². The molecule has 3 N–H and O–H groups in total. The van der Waals surface area contributed by atoms with Crippen LogP contribution < -0.4 is 24.7 Å². The van der Waals surface area contributed by atoms with Gasteiger partial charge in [0.2, 0.25) is 0 Å². The van der Waals surface area contributed by atoms with Crippen molar-refractivity contribution in [3.63, 3.8) is 0 Å². The van der Waals surface area contributed by atoms with Crippen LogP contribution in [0.15, 0.2) is 53.6 Å². The van der Waals surface area contributed by atoms with Gasteiger partial charge in [-0.05, 0) is 49.4 Å². The van der Waals surface area contributed by atoms with Gasteiger partial charge in [0.1, 0.15) is 11.5 Å². The zero-order valence-corrected chi connectivity index (χ0v) is 20.2. The third-order valence-corrected chi connectivity index (χ3v) is 5.37. The Balaban J connectivity index is 1.81. The molecular weight excluding hydrogens is 541 g/mol. The highest BCUT2D eigenvalue weighted by atomic mass is 35.5. The molecule has 1 amide bonds. The van der Waals surface area contributed by atoms with Gasteiger partial charge in [0.25, 0.3) is 15.9 Å². The van der Waals surface area contributed by atoms with Crippen LogP contribution in [0.4, 0.5) is 24.5 Å².